The van der Waals surface area contributed by atoms with Crippen LogP contribution in [-0.4, -0.2) is 21.6 Å². The van der Waals surface area contributed by atoms with Gasteiger partial charge in [-0.1, -0.05) is 28.1 Å². The van der Waals surface area contributed by atoms with Crippen LogP contribution in [-0.2, 0) is 0 Å². The van der Waals surface area contributed by atoms with Crippen molar-refractivity contribution in [1.82, 2.24) is 15.3 Å². The SMILES string of the molecule is O=c1[nH]c(C2CCCN2)nc(O)c1-c1ccc(Br)cc1. The topological polar surface area (TPSA) is 78.0 Å². The van der Waals surface area contributed by atoms with Gasteiger partial charge in [-0.15, -0.1) is 0 Å². The van der Waals surface area contributed by atoms with E-state index in [4.69, 9.17) is 0 Å². The zero-order valence-electron chi connectivity index (χ0n) is 10.7. The first-order chi connectivity index (χ1) is 9.65. The molecule has 5 nitrogen and oxygen atoms in total. The molecule has 20 heavy (non-hydrogen) atoms. The minimum atomic E-state index is -0.316. The average Bonchev–Trinajstić information content (AvgIpc) is 2.94. The summed E-state index contributed by atoms with van der Waals surface area (Å²) in [6, 6.07) is 7.20. The molecule has 0 aliphatic carbocycles. The minimum Gasteiger partial charge on any atom is -0.493 e. The molecule has 104 valence electrons. The highest BCUT2D eigenvalue weighted by molar-refractivity contribution is 9.10. The summed E-state index contributed by atoms with van der Waals surface area (Å²) in [5.41, 5.74) is 0.535. The van der Waals surface area contributed by atoms with Crippen molar-refractivity contribution in [3.05, 3.63) is 44.9 Å². The van der Waals surface area contributed by atoms with Crippen LogP contribution in [0.3, 0.4) is 0 Å². The van der Waals surface area contributed by atoms with Gasteiger partial charge in [0.25, 0.3) is 5.56 Å². The number of aromatic amines is 1. The summed E-state index contributed by atoms with van der Waals surface area (Å²) in [5, 5.41) is 13.3. The van der Waals surface area contributed by atoms with Gasteiger partial charge >= 0.3 is 0 Å². The summed E-state index contributed by atoms with van der Waals surface area (Å²) >= 11 is 3.34. The van der Waals surface area contributed by atoms with Crippen molar-refractivity contribution in [1.29, 1.82) is 0 Å². The monoisotopic (exact) mass is 335 g/mol. The van der Waals surface area contributed by atoms with Crippen molar-refractivity contribution in [2.45, 2.75) is 18.9 Å². The first-order valence-corrected chi connectivity index (χ1v) is 7.27. The average molecular weight is 336 g/mol. The molecular weight excluding hydrogens is 322 g/mol. The van der Waals surface area contributed by atoms with Gasteiger partial charge in [-0.05, 0) is 37.1 Å². The van der Waals surface area contributed by atoms with Gasteiger partial charge < -0.3 is 15.4 Å². The number of nitrogens with one attached hydrogen (secondary N) is 2. The van der Waals surface area contributed by atoms with Crippen LogP contribution in [0.4, 0.5) is 0 Å². The normalized spacial score (nSPS) is 18.4. The molecular formula is C14H14BrN3O2. The lowest BCUT2D eigenvalue weighted by Crippen LogP contribution is -2.21. The Morgan fingerprint density at radius 2 is 2.05 bits per heavy atom. The Bertz CT molecular complexity index is 676. The Hall–Kier alpha value is -1.66. The lowest BCUT2D eigenvalue weighted by molar-refractivity contribution is 0.444. The quantitative estimate of drug-likeness (QED) is 0.787. The van der Waals surface area contributed by atoms with Gasteiger partial charge in [0.15, 0.2) is 0 Å². The number of rotatable bonds is 2. The zero-order valence-corrected chi connectivity index (χ0v) is 12.3. The first-order valence-electron chi connectivity index (χ1n) is 6.47. The van der Waals surface area contributed by atoms with Gasteiger partial charge in [-0.3, -0.25) is 4.79 Å². The number of nitrogens with zero attached hydrogens (tertiary/aromatic N) is 1. The van der Waals surface area contributed by atoms with E-state index >= 15 is 0 Å². The summed E-state index contributed by atoms with van der Waals surface area (Å²) in [6.45, 7) is 0.906. The minimum absolute atomic E-state index is 0.0209. The molecule has 2 heterocycles. The molecule has 2 aromatic rings. The maximum absolute atomic E-state index is 12.2. The fourth-order valence-electron chi connectivity index (χ4n) is 2.44. The van der Waals surface area contributed by atoms with Crippen molar-refractivity contribution >= 4 is 15.9 Å². The second-order valence-corrected chi connectivity index (χ2v) is 5.72. The number of aromatic hydroxyl groups is 1. The van der Waals surface area contributed by atoms with E-state index < -0.39 is 0 Å². The molecule has 6 heteroatoms. The molecule has 1 aromatic heterocycles. The fourth-order valence-corrected chi connectivity index (χ4v) is 2.70. The summed E-state index contributed by atoms with van der Waals surface area (Å²) in [6.07, 6.45) is 1.96. The first kappa shape index (κ1) is 13.3. The van der Waals surface area contributed by atoms with E-state index in [1.54, 1.807) is 12.1 Å². The molecule has 3 rings (SSSR count). The van der Waals surface area contributed by atoms with Crippen LogP contribution in [0.25, 0.3) is 11.1 Å². The molecule has 0 spiro atoms. The second kappa shape index (κ2) is 5.38. The van der Waals surface area contributed by atoms with Gasteiger partial charge in [0.05, 0.1) is 6.04 Å². The van der Waals surface area contributed by atoms with Crippen molar-refractivity contribution in [3.63, 3.8) is 0 Å². The number of benzene rings is 1. The predicted molar refractivity (Wildman–Crippen MR) is 79.6 cm³/mol. The summed E-state index contributed by atoms with van der Waals surface area (Å²) in [4.78, 5) is 19.1. The zero-order chi connectivity index (χ0) is 14.1. The number of halogens is 1. The molecule has 1 saturated heterocycles. The summed E-state index contributed by atoms with van der Waals surface area (Å²) in [7, 11) is 0. The van der Waals surface area contributed by atoms with Crippen LogP contribution in [0.15, 0.2) is 33.5 Å². The van der Waals surface area contributed by atoms with E-state index in [2.05, 4.69) is 31.2 Å². The molecule has 0 saturated carbocycles. The van der Waals surface area contributed by atoms with Crippen LogP contribution in [0.2, 0.25) is 0 Å². The Morgan fingerprint density at radius 1 is 1.30 bits per heavy atom. The van der Waals surface area contributed by atoms with Crippen LogP contribution >= 0.6 is 15.9 Å². The second-order valence-electron chi connectivity index (χ2n) is 4.81. The van der Waals surface area contributed by atoms with E-state index in [1.165, 1.54) is 0 Å². The van der Waals surface area contributed by atoms with Crippen molar-refractivity contribution < 1.29 is 5.11 Å². The largest absolute Gasteiger partial charge is 0.493 e. The lowest BCUT2D eigenvalue weighted by atomic mass is 10.1. The molecule has 1 fully saturated rings. The molecule has 3 N–H and O–H groups in total. The van der Waals surface area contributed by atoms with E-state index in [-0.39, 0.29) is 23.0 Å². The van der Waals surface area contributed by atoms with Gasteiger partial charge in [0.1, 0.15) is 11.4 Å². The van der Waals surface area contributed by atoms with Crippen molar-refractivity contribution in [2.24, 2.45) is 0 Å². The number of hydrogen-bond donors (Lipinski definition) is 3. The van der Waals surface area contributed by atoms with E-state index in [0.717, 1.165) is 23.9 Å². The number of aromatic nitrogens is 2. The summed E-state index contributed by atoms with van der Waals surface area (Å²) in [5.74, 6) is 0.283. The highest BCUT2D eigenvalue weighted by Gasteiger charge is 2.21. The van der Waals surface area contributed by atoms with Crippen molar-refractivity contribution in [3.8, 4) is 17.0 Å². The van der Waals surface area contributed by atoms with E-state index in [1.807, 2.05) is 12.1 Å². The van der Waals surface area contributed by atoms with Crippen LogP contribution in [0.1, 0.15) is 24.7 Å². The number of hydrogen-bond acceptors (Lipinski definition) is 4. The fraction of sp³-hybridized carbons (Fsp3) is 0.286. The summed E-state index contributed by atoms with van der Waals surface area (Å²) < 4.78 is 0.914. The smallest absolute Gasteiger partial charge is 0.262 e. The van der Waals surface area contributed by atoms with E-state index in [9.17, 15) is 9.90 Å². The third-order valence-electron chi connectivity index (χ3n) is 3.44. The van der Waals surface area contributed by atoms with E-state index in [0.29, 0.717) is 11.4 Å². The Balaban J connectivity index is 2.04. The number of H-pyrrole nitrogens is 1. The highest BCUT2D eigenvalue weighted by Crippen LogP contribution is 2.27. The van der Waals surface area contributed by atoms with Crippen LogP contribution in [0, 0.1) is 0 Å². The van der Waals surface area contributed by atoms with Crippen molar-refractivity contribution in [2.75, 3.05) is 6.54 Å². The molecule has 1 aromatic carbocycles. The highest BCUT2D eigenvalue weighted by atomic mass is 79.9. The van der Waals surface area contributed by atoms with Gasteiger partial charge in [0, 0.05) is 4.47 Å². The maximum Gasteiger partial charge on any atom is 0.262 e. The molecule has 1 aliphatic heterocycles. The van der Waals surface area contributed by atoms with Gasteiger partial charge in [-0.2, -0.15) is 4.98 Å². The standard InChI is InChI=1S/C14H14BrN3O2/c15-9-5-3-8(4-6-9)11-13(19)17-12(18-14(11)20)10-2-1-7-16-10/h3-6,10,16H,1-2,7H2,(H2,17,18,19,20). The molecule has 1 aliphatic rings. The maximum atomic E-state index is 12.2. The van der Waals surface area contributed by atoms with Crippen LogP contribution in [0.5, 0.6) is 5.88 Å². The Labute approximate surface area is 124 Å². The predicted octanol–water partition coefficient (Wildman–Crippen LogP) is 2.33. The molecule has 1 atom stereocenters. The third kappa shape index (κ3) is 2.48. The third-order valence-corrected chi connectivity index (χ3v) is 3.97. The Morgan fingerprint density at radius 3 is 2.65 bits per heavy atom. The molecule has 0 radical (unpaired) electrons. The molecule has 1 unspecified atom stereocenters. The molecule has 0 amide bonds. The Kier molecular flexibility index (Phi) is 3.58. The lowest BCUT2D eigenvalue weighted by Gasteiger charge is -2.11. The van der Waals surface area contributed by atoms with Gasteiger partial charge in [0.2, 0.25) is 5.88 Å². The van der Waals surface area contributed by atoms with Crippen LogP contribution < -0.4 is 10.9 Å². The molecule has 0 bridgehead atoms. The van der Waals surface area contributed by atoms with Gasteiger partial charge in [-0.25, -0.2) is 0 Å².